The van der Waals surface area contributed by atoms with Crippen LogP contribution in [0, 0.1) is 6.92 Å². The van der Waals surface area contributed by atoms with Crippen LogP contribution in [0.5, 0.6) is 5.75 Å². The molecule has 1 heterocycles. The number of nitrogens with one attached hydrogen (secondary N) is 1. The molecule has 37 heavy (non-hydrogen) atoms. The largest absolute Gasteiger partial charge is 0.484 e. The molecule has 0 radical (unpaired) electrons. The summed E-state index contributed by atoms with van der Waals surface area (Å²) >= 11 is 0.936. The maximum atomic E-state index is 13.0. The van der Waals surface area contributed by atoms with Gasteiger partial charge in [-0.25, -0.2) is 0 Å². The van der Waals surface area contributed by atoms with Crippen LogP contribution in [-0.4, -0.2) is 28.6 Å². The number of anilines is 1. The first-order valence-corrected chi connectivity index (χ1v) is 12.6. The molecule has 5 rings (SSSR count). The van der Waals surface area contributed by atoms with Gasteiger partial charge in [-0.1, -0.05) is 66.7 Å². The summed E-state index contributed by atoms with van der Waals surface area (Å²) in [5.74, 6) is -0.0359. The minimum atomic E-state index is -0.309. The van der Waals surface area contributed by atoms with Gasteiger partial charge in [-0.05, 0) is 76.5 Å². The van der Waals surface area contributed by atoms with Crippen molar-refractivity contribution in [2.24, 2.45) is 0 Å². The van der Waals surface area contributed by atoms with Gasteiger partial charge in [0.1, 0.15) is 5.75 Å². The lowest BCUT2D eigenvalue weighted by Crippen LogP contribution is -2.27. The molecule has 1 saturated heterocycles. The zero-order valence-corrected chi connectivity index (χ0v) is 21.0. The normalized spacial score (nSPS) is 14.4. The van der Waals surface area contributed by atoms with Crippen molar-refractivity contribution in [2.45, 2.75) is 13.5 Å². The van der Waals surface area contributed by atoms with E-state index in [-0.39, 0.29) is 30.2 Å². The van der Waals surface area contributed by atoms with Gasteiger partial charge in [0.05, 0.1) is 11.4 Å². The average molecular weight is 509 g/mol. The summed E-state index contributed by atoms with van der Waals surface area (Å²) in [6, 6.07) is 28.4. The molecule has 0 spiro atoms. The predicted molar refractivity (Wildman–Crippen MR) is 147 cm³/mol. The van der Waals surface area contributed by atoms with Crippen LogP contribution in [0.15, 0.2) is 95.9 Å². The summed E-state index contributed by atoms with van der Waals surface area (Å²) in [4.78, 5) is 39.5. The molecule has 1 fully saturated rings. The summed E-state index contributed by atoms with van der Waals surface area (Å²) in [7, 11) is 0. The molecule has 1 aliphatic rings. The second-order valence-electron chi connectivity index (χ2n) is 8.68. The third-order valence-corrected chi connectivity index (χ3v) is 6.84. The Kier molecular flexibility index (Phi) is 7.05. The average Bonchev–Trinajstić information content (AvgIpc) is 3.16. The van der Waals surface area contributed by atoms with Crippen molar-refractivity contribution in [3.8, 4) is 5.75 Å². The zero-order chi connectivity index (χ0) is 25.8. The Labute approximate surface area is 218 Å². The highest BCUT2D eigenvalue weighted by Gasteiger charge is 2.35. The summed E-state index contributed by atoms with van der Waals surface area (Å²) in [6.45, 7) is 2.06. The van der Waals surface area contributed by atoms with E-state index in [1.807, 2.05) is 73.7 Å². The van der Waals surface area contributed by atoms with Gasteiger partial charge in [0, 0.05) is 5.69 Å². The fourth-order valence-electron chi connectivity index (χ4n) is 4.12. The van der Waals surface area contributed by atoms with Gasteiger partial charge < -0.3 is 10.1 Å². The van der Waals surface area contributed by atoms with Gasteiger partial charge in [-0.15, -0.1) is 0 Å². The maximum absolute atomic E-state index is 13.0. The van der Waals surface area contributed by atoms with E-state index in [1.54, 1.807) is 30.3 Å². The van der Waals surface area contributed by atoms with Crippen molar-refractivity contribution in [1.82, 2.24) is 4.90 Å². The Morgan fingerprint density at radius 2 is 1.70 bits per heavy atom. The summed E-state index contributed by atoms with van der Waals surface area (Å²) in [6.07, 6.45) is 1.70. The minimum Gasteiger partial charge on any atom is -0.484 e. The molecule has 0 unspecified atom stereocenters. The van der Waals surface area contributed by atoms with Crippen molar-refractivity contribution in [1.29, 1.82) is 0 Å². The number of hydrogen-bond donors (Lipinski definition) is 1. The van der Waals surface area contributed by atoms with Gasteiger partial charge >= 0.3 is 0 Å². The standard InChI is InChI=1S/C30H24N2O4S/c1-20-6-4-10-24(16-20)31-28(33)19-36-25-14-12-21(13-15-25)17-27-29(34)32(30(35)37-27)18-23-9-5-8-22-7-2-3-11-26(22)23/h2-17H,18-19H2,1H3,(H,31,33)/b27-17+. The van der Waals surface area contributed by atoms with Crippen LogP contribution in [0.4, 0.5) is 10.5 Å². The molecule has 0 aromatic heterocycles. The molecule has 184 valence electrons. The lowest BCUT2D eigenvalue weighted by molar-refractivity contribution is -0.123. The SMILES string of the molecule is Cc1cccc(NC(=O)COc2ccc(/C=C3/SC(=O)N(Cc4cccc5ccccc45)C3=O)cc2)c1. The third kappa shape index (κ3) is 5.73. The molecular weight excluding hydrogens is 484 g/mol. The molecule has 1 aliphatic heterocycles. The highest BCUT2D eigenvalue weighted by molar-refractivity contribution is 8.18. The Morgan fingerprint density at radius 3 is 2.51 bits per heavy atom. The first-order chi connectivity index (χ1) is 18.0. The van der Waals surface area contributed by atoms with E-state index in [0.717, 1.165) is 44.9 Å². The van der Waals surface area contributed by atoms with Crippen LogP contribution in [0.1, 0.15) is 16.7 Å². The van der Waals surface area contributed by atoms with Crippen LogP contribution < -0.4 is 10.1 Å². The highest BCUT2D eigenvalue weighted by atomic mass is 32.2. The van der Waals surface area contributed by atoms with E-state index in [9.17, 15) is 14.4 Å². The van der Waals surface area contributed by atoms with E-state index in [2.05, 4.69) is 5.32 Å². The molecule has 4 aromatic carbocycles. The second kappa shape index (κ2) is 10.7. The van der Waals surface area contributed by atoms with E-state index >= 15 is 0 Å². The van der Waals surface area contributed by atoms with Crippen LogP contribution in [-0.2, 0) is 16.1 Å². The quantitative estimate of drug-likeness (QED) is 0.292. The van der Waals surface area contributed by atoms with Crippen molar-refractivity contribution in [2.75, 3.05) is 11.9 Å². The van der Waals surface area contributed by atoms with Crippen LogP contribution in [0.2, 0.25) is 0 Å². The minimum absolute atomic E-state index is 0.125. The smallest absolute Gasteiger partial charge is 0.293 e. The first kappa shape index (κ1) is 24.3. The molecule has 1 N–H and O–H groups in total. The van der Waals surface area contributed by atoms with Crippen LogP contribution >= 0.6 is 11.8 Å². The lowest BCUT2D eigenvalue weighted by Gasteiger charge is -2.14. The van der Waals surface area contributed by atoms with Crippen molar-refractivity contribution in [3.63, 3.8) is 0 Å². The highest BCUT2D eigenvalue weighted by Crippen LogP contribution is 2.34. The number of rotatable bonds is 7. The lowest BCUT2D eigenvalue weighted by atomic mass is 10.0. The number of aryl methyl sites for hydroxylation is 1. The number of carbonyl (C=O) groups excluding carboxylic acids is 3. The monoisotopic (exact) mass is 508 g/mol. The topological polar surface area (TPSA) is 75.7 Å². The van der Waals surface area contributed by atoms with Crippen molar-refractivity contribution < 1.29 is 19.1 Å². The number of benzene rings is 4. The molecule has 0 aliphatic carbocycles. The Morgan fingerprint density at radius 1 is 0.946 bits per heavy atom. The van der Waals surface area contributed by atoms with Crippen molar-refractivity contribution in [3.05, 3.63) is 113 Å². The van der Waals surface area contributed by atoms with Gasteiger partial charge in [0.2, 0.25) is 0 Å². The Balaban J connectivity index is 1.21. The second-order valence-corrected chi connectivity index (χ2v) is 9.67. The Bertz CT molecular complexity index is 1520. The Hall–Kier alpha value is -4.36. The number of amides is 3. The van der Waals surface area contributed by atoms with E-state index in [1.165, 1.54) is 4.90 Å². The maximum Gasteiger partial charge on any atom is 0.293 e. The van der Waals surface area contributed by atoms with Gasteiger partial charge in [-0.3, -0.25) is 19.3 Å². The van der Waals surface area contributed by atoms with E-state index in [4.69, 9.17) is 4.74 Å². The number of thioether (sulfide) groups is 1. The molecular formula is C30H24N2O4S. The summed E-state index contributed by atoms with van der Waals surface area (Å²) < 4.78 is 5.58. The zero-order valence-electron chi connectivity index (χ0n) is 20.1. The number of hydrogen-bond acceptors (Lipinski definition) is 5. The fraction of sp³-hybridized carbons (Fsp3) is 0.100. The van der Waals surface area contributed by atoms with Gasteiger partial charge in [-0.2, -0.15) is 0 Å². The molecule has 0 saturated carbocycles. The van der Waals surface area contributed by atoms with Gasteiger partial charge in [0.25, 0.3) is 17.1 Å². The third-order valence-electron chi connectivity index (χ3n) is 5.93. The van der Waals surface area contributed by atoms with Crippen molar-refractivity contribution >= 4 is 51.4 Å². The molecule has 3 amide bonds. The summed E-state index contributed by atoms with van der Waals surface area (Å²) in [5, 5.41) is 4.61. The molecule has 0 atom stereocenters. The first-order valence-electron chi connectivity index (χ1n) is 11.8. The number of nitrogens with zero attached hydrogens (tertiary/aromatic N) is 1. The molecule has 6 nitrogen and oxygen atoms in total. The van der Waals surface area contributed by atoms with E-state index in [0.29, 0.717) is 10.7 Å². The number of ether oxygens (including phenoxy) is 1. The fourth-order valence-corrected chi connectivity index (χ4v) is 4.96. The van der Waals surface area contributed by atoms with Gasteiger partial charge in [0.15, 0.2) is 6.61 Å². The number of imide groups is 1. The van der Waals surface area contributed by atoms with E-state index < -0.39 is 0 Å². The number of carbonyl (C=O) groups is 3. The van der Waals surface area contributed by atoms with Crippen LogP contribution in [0.3, 0.4) is 0 Å². The predicted octanol–water partition coefficient (Wildman–Crippen LogP) is 6.40. The molecule has 7 heteroatoms. The number of fused-ring (bicyclic) bond motifs is 1. The molecule has 0 bridgehead atoms. The van der Waals surface area contributed by atoms with Crippen LogP contribution in [0.25, 0.3) is 16.8 Å². The molecule has 4 aromatic rings. The summed E-state index contributed by atoms with van der Waals surface area (Å²) in [5.41, 5.74) is 3.46.